The molecule has 0 atom stereocenters. The Bertz CT molecular complexity index is 584. The van der Waals surface area contributed by atoms with Gasteiger partial charge < -0.3 is 10.5 Å². The fourth-order valence-electron chi connectivity index (χ4n) is 1.86. The third kappa shape index (κ3) is 3.73. The van der Waals surface area contributed by atoms with Crippen LogP contribution in [0.25, 0.3) is 0 Å². The third-order valence-corrected chi connectivity index (χ3v) is 3.63. The number of nitrogens with two attached hydrogens (primary N) is 1. The van der Waals surface area contributed by atoms with Gasteiger partial charge in [-0.3, -0.25) is 0 Å². The zero-order chi connectivity index (χ0) is 14.5. The lowest BCUT2D eigenvalue weighted by Gasteiger charge is -2.10. The number of anilines is 1. The van der Waals surface area contributed by atoms with Crippen LogP contribution >= 0.6 is 15.9 Å². The van der Waals surface area contributed by atoms with Crippen molar-refractivity contribution in [3.8, 4) is 11.5 Å². The fourth-order valence-corrected chi connectivity index (χ4v) is 2.23. The maximum Gasteiger partial charge on any atom is 0.153 e. The molecule has 2 nitrogen and oxygen atoms in total. The van der Waals surface area contributed by atoms with Crippen molar-refractivity contribution in [2.75, 3.05) is 5.73 Å². The first-order chi connectivity index (χ1) is 9.60. The molecule has 106 valence electrons. The lowest BCUT2D eigenvalue weighted by Crippen LogP contribution is -1.94. The summed E-state index contributed by atoms with van der Waals surface area (Å²) in [6.07, 6.45) is 3.41. The van der Waals surface area contributed by atoms with Crippen LogP contribution in [-0.2, 0) is 6.42 Å². The third-order valence-electron chi connectivity index (χ3n) is 3.02. The van der Waals surface area contributed by atoms with E-state index in [1.807, 2.05) is 24.3 Å². The predicted octanol–water partition coefficient (Wildman–Crippen LogP) is 5.31. The summed E-state index contributed by atoms with van der Waals surface area (Å²) in [5, 5.41) is 0. The fraction of sp³-hybridized carbons (Fsp3) is 0.250. The Morgan fingerprint density at radius 2 is 1.90 bits per heavy atom. The van der Waals surface area contributed by atoms with E-state index in [9.17, 15) is 4.39 Å². The van der Waals surface area contributed by atoms with Crippen LogP contribution in [0.15, 0.2) is 40.9 Å². The second-order valence-electron chi connectivity index (χ2n) is 4.65. The molecule has 0 aliphatic carbocycles. The molecule has 0 aliphatic heterocycles. The quantitative estimate of drug-likeness (QED) is 0.750. The maximum absolute atomic E-state index is 13.5. The van der Waals surface area contributed by atoms with Gasteiger partial charge in [-0.15, -0.1) is 0 Å². The van der Waals surface area contributed by atoms with Crippen molar-refractivity contribution in [2.45, 2.75) is 26.2 Å². The summed E-state index contributed by atoms with van der Waals surface area (Å²) >= 11 is 3.09. The van der Waals surface area contributed by atoms with Crippen LogP contribution in [0.2, 0.25) is 0 Å². The largest absolute Gasteiger partial charge is 0.455 e. The molecule has 2 N–H and O–H groups in total. The molecule has 2 rings (SSSR count). The van der Waals surface area contributed by atoms with Crippen LogP contribution in [0.3, 0.4) is 0 Å². The van der Waals surface area contributed by atoms with Gasteiger partial charge in [-0.1, -0.05) is 25.5 Å². The normalized spacial score (nSPS) is 10.6. The zero-order valence-corrected chi connectivity index (χ0v) is 12.9. The SMILES string of the molecule is CCCCc1ccc(Oc2cc(F)c(Br)cc2N)cc1. The number of hydrogen-bond acceptors (Lipinski definition) is 2. The molecule has 2 aromatic carbocycles. The van der Waals surface area contributed by atoms with Crippen LogP contribution in [0.4, 0.5) is 10.1 Å². The number of unbranched alkanes of at least 4 members (excludes halogenated alkanes) is 1. The monoisotopic (exact) mass is 337 g/mol. The van der Waals surface area contributed by atoms with Crippen molar-refractivity contribution >= 4 is 21.6 Å². The van der Waals surface area contributed by atoms with Crippen molar-refractivity contribution < 1.29 is 9.13 Å². The summed E-state index contributed by atoms with van der Waals surface area (Å²) in [5.74, 6) is 0.583. The van der Waals surface area contributed by atoms with E-state index in [0.717, 1.165) is 6.42 Å². The molecule has 2 aromatic rings. The molecule has 0 fully saturated rings. The molecule has 0 saturated carbocycles. The van der Waals surface area contributed by atoms with E-state index in [1.54, 1.807) is 0 Å². The first kappa shape index (κ1) is 14.9. The Kier molecular flexibility index (Phi) is 5.01. The summed E-state index contributed by atoms with van der Waals surface area (Å²) in [5.41, 5.74) is 7.48. The minimum absolute atomic E-state index is 0.326. The topological polar surface area (TPSA) is 35.2 Å². The number of rotatable bonds is 5. The summed E-state index contributed by atoms with van der Waals surface area (Å²) in [6, 6.07) is 10.6. The second kappa shape index (κ2) is 6.75. The first-order valence-corrected chi connectivity index (χ1v) is 7.40. The van der Waals surface area contributed by atoms with Crippen molar-refractivity contribution in [3.05, 3.63) is 52.3 Å². The van der Waals surface area contributed by atoms with Gasteiger partial charge in [-0.2, -0.15) is 0 Å². The van der Waals surface area contributed by atoms with Gasteiger partial charge in [-0.05, 0) is 52.5 Å². The molecule has 4 heteroatoms. The molecule has 0 saturated heterocycles. The van der Waals surface area contributed by atoms with E-state index in [0.29, 0.717) is 21.7 Å². The molecular formula is C16H17BrFNO. The number of aryl methyl sites for hydroxylation is 1. The van der Waals surface area contributed by atoms with Gasteiger partial charge in [0.2, 0.25) is 0 Å². The number of benzene rings is 2. The van der Waals surface area contributed by atoms with E-state index in [4.69, 9.17) is 10.5 Å². The summed E-state index contributed by atoms with van der Waals surface area (Å²) in [4.78, 5) is 0. The molecule has 0 aliphatic rings. The smallest absolute Gasteiger partial charge is 0.153 e. The summed E-state index contributed by atoms with van der Waals surface area (Å²) < 4.78 is 19.4. The van der Waals surface area contributed by atoms with Gasteiger partial charge in [-0.25, -0.2) is 4.39 Å². The minimum Gasteiger partial charge on any atom is -0.455 e. The van der Waals surface area contributed by atoms with Gasteiger partial charge in [0.15, 0.2) is 5.75 Å². The van der Waals surface area contributed by atoms with Gasteiger partial charge in [0.1, 0.15) is 11.6 Å². The van der Waals surface area contributed by atoms with Crippen molar-refractivity contribution in [3.63, 3.8) is 0 Å². The molecule has 0 spiro atoms. The molecular weight excluding hydrogens is 321 g/mol. The molecule has 0 amide bonds. The van der Waals surface area contributed by atoms with Crippen LogP contribution < -0.4 is 10.5 Å². The highest BCUT2D eigenvalue weighted by Gasteiger charge is 2.08. The van der Waals surface area contributed by atoms with E-state index >= 15 is 0 Å². The van der Waals surface area contributed by atoms with Gasteiger partial charge >= 0.3 is 0 Å². The number of ether oxygens (including phenoxy) is 1. The zero-order valence-electron chi connectivity index (χ0n) is 11.3. The Balaban J connectivity index is 2.12. The number of nitrogen functional groups attached to an aromatic ring is 1. The van der Waals surface area contributed by atoms with Crippen LogP contribution in [-0.4, -0.2) is 0 Å². The molecule has 20 heavy (non-hydrogen) atoms. The second-order valence-corrected chi connectivity index (χ2v) is 5.51. The van der Waals surface area contributed by atoms with Crippen LogP contribution in [0.1, 0.15) is 25.3 Å². The van der Waals surface area contributed by atoms with Gasteiger partial charge in [0.25, 0.3) is 0 Å². The van der Waals surface area contributed by atoms with E-state index in [-0.39, 0.29) is 0 Å². The Labute approximate surface area is 126 Å². The highest BCUT2D eigenvalue weighted by molar-refractivity contribution is 9.10. The average molecular weight is 338 g/mol. The predicted molar refractivity (Wildman–Crippen MR) is 83.6 cm³/mol. The summed E-state index contributed by atoms with van der Waals surface area (Å²) in [7, 11) is 0. The van der Waals surface area contributed by atoms with E-state index < -0.39 is 5.82 Å². The minimum atomic E-state index is -0.395. The van der Waals surface area contributed by atoms with Crippen molar-refractivity contribution in [2.24, 2.45) is 0 Å². The molecule has 0 bridgehead atoms. The molecule has 0 heterocycles. The molecule has 0 aromatic heterocycles. The van der Waals surface area contributed by atoms with Crippen LogP contribution in [0, 0.1) is 5.82 Å². The van der Waals surface area contributed by atoms with Crippen LogP contribution in [0.5, 0.6) is 11.5 Å². The lowest BCUT2D eigenvalue weighted by atomic mass is 10.1. The van der Waals surface area contributed by atoms with E-state index in [1.165, 1.54) is 30.5 Å². The highest BCUT2D eigenvalue weighted by Crippen LogP contribution is 2.32. The Morgan fingerprint density at radius 1 is 1.20 bits per heavy atom. The number of halogens is 2. The van der Waals surface area contributed by atoms with Crippen molar-refractivity contribution in [1.29, 1.82) is 0 Å². The Morgan fingerprint density at radius 3 is 2.55 bits per heavy atom. The van der Waals surface area contributed by atoms with Gasteiger partial charge in [0, 0.05) is 6.07 Å². The standard InChI is InChI=1S/C16H17BrFNO/c1-2-3-4-11-5-7-12(8-6-11)20-16-10-14(18)13(17)9-15(16)19/h5-10H,2-4,19H2,1H3. The van der Waals surface area contributed by atoms with Crippen molar-refractivity contribution in [1.82, 2.24) is 0 Å². The Hall–Kier alpha value is -1.55. The average Bonchev–Trinajstić information content (AvgIpc) is 2.44. The molecule has 0 radical (unpaired) electrons. The molecule has 0 unspecified atom stereocenters. The summed E-state index contributed by atoms with van der Waals surface area (Å²) in [6.45, 7) is 2.17. The lowest BCUT2D eigenvalue weighted by molar-refractivity contribution is 0.478. The first-order valence-electron chi connectivity index (χ1n) is 6.61. The van der Waals surface area contributed by atoms with Gasteiger partial charge in [0.05, 0.1) is 10.2 Å². The maximum atomic E-state index is 13.5. The highest BCUT2D eigenvalue weighted by atomic mass is 79.9. The number of hydrogen-bond donors (Lipinski definition) is 1. The van der Waals surface area contributed by atoms with E-state index in [2.05, 4.69) is 22.9 Å².